The normalized spacial score (nSPS) is 10.5. The molecule has 0 radical (unpaired) electrons. The van der Waals surface area contributed by atoms with Gasteiger partial charge in [0, 0.05) is 24.8 Å². The van der Waals surface area contributed by atoms with Gasteiger partial charge in [0.05, 0.1) is 24.9 Å². The lowest BCUT2D eigenvalue weighted by atomic mass is 10.2. The average Bonchev–Trinajstić information content (AvgIpc) is 3.23. The summed E-state index contributed by atoms with van der Waals surface area (Å²) in [7, 11) is 1.66. The highest BCUT2D eigenvalue weighted by molar-refractivity contribution is 6.31. The van der Waals surface area contributed by atoms with Gasteiger partial charge in [0.1, 0.15) is 5.75 Å². The van der Waals surface area contributed by atoms with Gasteiger partial charge in [-0.3, -0.25) is 9.48 Å². The molecule has 7 nitrogen and oxygen atoms in total. The number of amides is 1. The Labute approximate surface area is 186 Å². The number of esters is 1. The molecular weight excluding hydrogens is 418 g/mol. The van der Waals surface area contributed by atoms with Crippen LogP contribution < -0.4 is 4.74 Å². The zero-order valence-corrected chi connectivity index (χ0v) is 18.2. The molecule has 2 aromatic carbocycles. The first-order valence-electron chi connectivity index (χ1n) is 9.85. The minimum Gasteiger partial charge on any atom is -0.494 e. The number of nitrogens with zero attached hydrogens (tertiary/aromatic N) is 3. The molecule has 3 aromatic rings. The fourth-order valence-electron chi connectivity index (χ4n) is 2.90. The SMILES string of the molecule is CCOc1ccc(CN(C)C(=O)COC(=O)c2cnn(Cc3ccccc3Cl)c2)cc1. The summed E-state index contributed by atoms with van der Waals surface area (Å²) in [6.45, 7) is 3.00. The summed E-state index contributed by atoms with van der Waals surface area (Å²) >= 11 is 6.16. The number of benzene rings is 2. The molecule has 0 spiro atoms. The van der Waals surface area contributed by atoms with Crippen molar-refractivity contribution in [3.8, 4) is 5.75 Å². The van der Waals surface area contributed by atoms with Crippen molar-refractivity contribution in [3.63, 3.8) is 0 Å². The Morgan fingerprint density at radius 1 is 1.13 bits per heavy atom. The molecule has 1 aromatic heterocycles. The van der Waals surface area contributed by atoms with Crippen LogP contribution in [0.4, 0.5) is 0 Å². The van der Waals surface area contributed by atoms with Gasteiger partial charge in [0.25, 0.3) is 5.91 Å². The van der Waals surface area contributed by atoms with E-state index in [-0.39, 0.29) is 18.1 Å². The predicted molar refractivity (Wildman–Crippen MR) is 117 cm³/mol. The van der Waals surface area contributed by atoms with Crippen LogP contribution in [0.5, 0.6) is 5.75 Å². The molecular formula is C23H24ClN3O4. The molecule has 0 atom stereocenters. The van der Waals surface area contributed by atoms with Gasteiger partial charge in [-0.1, -0.05) is 41.9 Å². The van der Waals surface area contributed by atoms with Gasteiger partial charge in [-0.25, -0.2) is 4.79 Å². The molecule has 0 saturated heterocycles. The summed E-state index contributed by atoms with van der Waals surface area (Å²) < 4.78 is 12.2. The fourth-order valence-corrected chi connectivity index (χ4v) is 3.09. The van der Waals surface area contributed by atoms with E-state index < -0.39 is 5.97 Å². The first-order valence-corrected chi connectivity index (χ1v) is 10.2. The minimum atomic E-state index is -0.603. The van der Waals surface area contributed by atoms with E-state index >= 15 is 0 Å². The zero-order valence-electron chi connectivity index (χ0n) is 17.5. The van der Waals surface area contributed by atoms with E-state index in [1.54, 1.807) is 24.0 Å². The Kier molecular flexibility index (Phi) is 7.67. The highest BCUT2D eigenvalue weighted by atomic mass is 35.5. The Balaban J connectivity index is 1.49. The third-order valence-electron chi connectivity index (χ3n) is 4.57. The molecule has 162 valence electrons. The van der Waals surface area contributed by atoms with E-state index in [1.165, 1.54) is 11.1 Å². The molecule has 1 heterocycles. The Hall–Kier alpha value is -3.32. The van der Waals surface area contributed by atoms with Crippen molar-refractivity contribution in [2.24, 2.45) is 0 Å². The van der Waals surface area contributed by atoms with Crippen molar-refractivity contribution in [3.05, 3.63) is 82.6 Å². The molecule has 0 unspecified atom stereocenters. The maximum absolute atomic E-state index is 12.3. The third-order valence-corrected chi connectivity index (χ3v) is 4.93. The number of carbonyl (C=O) groups is 2. The second-order valence-electron chi connectivity index (χ2n) is 6.92. The molecule has 0 fully saturated rings. The number of aromatic nitrogens is 2. The first-order chi connectivity index (χ1) is 15.0. The van der Waals surface area contributed by atoms with Crippen LogP contribution in [0.2, 0.25) is 5.02 Å². The molecule has 0 bridgehead atoms. The van der Waals surface area contributed by atoms with Crippen LogP contribution in [0.1, 0.15) is 28.4 Å². The molecule has 31 heavy (non-hydrogen) atoms. The molecule has 0 saturated carbocycles. The quantitative estimate of drug-likeness (QED) is 0.472. The monoisotopic (exact) mass is 441 g/mol. The third kappa shape index (κ3) is 6.33. The number of rotatable bonds is 9. The summed E-state index contributed by atoms with van der Waals surface area (Å²) in [4.78, 5) is 26.1. The van der Waals surface area contributed by atoms with E-state index in [2.05, 4.69) is 5.10 Å². The predicted octanol–water partition coefficient (Wildman–Crippen LogP) is 3.80. The topological polar surface area (TPSA) is 73.7 Å². The average molecular weight is 442 g/mol. The van der Waals surface area contributed by atoms with Gasteiger partial charge in [-0.15, -0.1) is 0 Å². The lowest BCUT2D eigenvalue weighted by molar-refractivity contribution is -0.133. The van der Waals surface area contributed by atoms with Gasteiger partial charge in [-0.2, -0.15) is 5.10 Å². The van der Waals surface area contributed by atoms with E-state index in [0.29, 0.717) is 24.7 Å². The smallest absolute Gasteiger partial charge is 0.341 e. The van der Waals surface area contributed by atoms with Gasteiger partial charge < -0.3 is 14.4 Å². The highest BCUT2D eigenvalue weighted by Gasteiger charge is 2.16. The highest BCUT2D eigenvalue weighted by Crippen LogP contribution is 2.16. The van der Waals surface area contributed by atoms with E-state index in [0.717, 1.165) is 16.9 Å². The lowest BCUT2D eigenvalue weighted by Crippen LogP contribution is -2.30. The number of hydrogen-bond acceptors (Lipinski definition) is 5. The lowest BCUT2D eigenvalue weighted by Gasteiger charge is -2.17. The van der Waals surface area contributed by atoms with Crippen LogP contribution in [-0.4, -0.2) is 46.8 Å². The van der Waals surface area contributed by atoms with Gasteiger partial charge in [-0.05, 0) is 36.2 Å². The molecule has 0 aliphatic carbocycles. The number of halogens is 1. The molecule has 8 heteroatoms. The maximum Gasteiger partial charge on any atom is 0.341 e. The first kappa shape index (κ1) is 22.4. The van der Waals surface area contributed by atoms with Crippen LogP contribution in [0.3, 0.4) is 0 Å². The molecule has 0 N–H and O–H groups in total. The van der Waals surface area contributed by atoms with E-state index in [4.69, 9.17) is 21.1 Å². The van der Waals surface area contributed by atoms with Crippen molar-refractivity contribution in [2.45, 2.75) is 20.0 Å². The largest absolute Gasteiger partial charge is 0.494 e. The molecule has 0 aliphatic rings. The van der Waals surface area contributed by atoms with Crippen molar-refractivity contribution < 1.29 is 19.1 Å². The summed E-state index contributed by atoms with van der Waals surface area (Å²) in [5.41, 5.74) is 2.11. The van der Waals surface area contributed by atoms with Crippen LogP contribution in [0.15, 0.2) is 60.9 Å². The standard InChI is InChI=1S/C23H24ClN3O4/c1-3-30-20-10-8-17(9-11-20)13-26(2)22(28)16-31-23(29)19-12-25-27(15-19)14-18-6-4-5-7-21(18)24/h4-12,15H,3,13-14,16H2,1-2H3. The molecule has 0 aliphatic heterocycles. The van der Waals surface area contributed by atoms with Crippen LogP contribution in [0, 0.1) is 0 Å². The maximum atomic E-state index is 12.3. The van der Waals surface area contributed by atoms with Crippen LogP contribution in [0.25, 0.3) is 0 Å². The molecule has 1 amide bonds. The van der Waals surface area contributed by atoms with Crippen LogP contribution in [-0.2, 0) is 22.6 Å². The van der Waals surface area contributed by atoms with E-state index in [1.807, 2.05) is 49.4 Å². The van der Waals surface area contributed by atoms with Crippen molar-refractivity contribution in [2.75, 3.05) is 20.3 Å². The fraction of sp³-hybridized carbons (Fsp3) is 0.261. The van der Waals surface area contributed by atoms with E-state index in [9.17, 15) is 9.59 Å². The number of carbonyl (C=O) groups excluding carboxylic acids is 2. The second-order valence-corrected chi connectivity index (χ2v) is 7.33. The van der Waals surface area contributed by atoms with Crippen molar-refractivity contribution in [1.82, 2.24) is 14.7 Å². The Morgan fingerprint density at radius 2 is 1.87 bits per heavy atom. The number of likely N-dealkylation sites (N-methyl/N-ethyl adjacent to an activating group) is 1. The summed E-state index contributed by atoms with van der Waals surface area (Å²) in [5, 5.41) is 4.79. The zero-order chi connectivity index (χ0) is 22.2. The summed E-state index contributed by atoms with van der Waals surface area (Å²) in [5.74, 6) is -0.122. The minimum absolute atomic E-state index is 0.272. The van der Waals surface area contributed by atoms with Crippen molar-refractivity contribution >= 4 is 23.5 Å². The van der Waals surface area contributed by atoms with Gasteiger partial charge >= 0.3 is 5.97 Å². The van der Waals surface area contributed by atoms with Gasteiger partial charge in [0.15, 0.2) is 6.61 Å². The Bertz CT molecular complexity index is 1030. The molecule has 3 rings (SSSR count). The summed E-state index contributed by atoms with van der Waals surface area (Å²) in [6, 6.07) is 14.9. The van der Waals surface area contributed by atoms with Crippen LogP contribution >= 0.6 is 11.6 Å². The number of hydrogen-bond donors (Lipinski definition) is 0. The Morgan fingerprint density at radius 3 is 2.58 bits per heavy atom. The summed E-state index contributed by atoms with van der Waals surface area (Å²) in [6.07, 6.45) is 2.98. The second kappa shape index (κ2) is 10.6. The van der Waals surface area contributed by atoms with Gasteiger partial charge in [0.2, 0.25) is 0 Å². The van der Waals surface area contributed by atoms with Crippen molar-refractivity contribution in [1.29, 1.82) is 0 Å². The number of ether oxygens (including phenoxy) is 2.